The summed E-state index contributed by atoms with van der Waals surface area (Å²) in [5.74, 6) is 0.426. The minimum absolute atomic E-state index is 0. The number of carbonyl (C=O) groups is 1. The largest absolute Gasteiger partial charge is 0.348 e. The average molecular weight is 369 g/mol. The Hall–Kier alpha value is -2.42. The van der Waals surface area contributed by atoms with Gasteiger partial charge in [-0.15, -0.1) is 0 Å². The van der Waals surface area contributed by atoms with Gasteiger partial charge in [0.05, 0.1) is 12.5 Å². The zero-order chi connectivity index (χ0) is 19.1. The van der Waals surface area contributed by atoms with Gasteiger partial charge in [0.1, 0.15) is 11.4 Å². The van der Waals surface area contributed by atoms with Crippen LogP contribution in [0.15, 0.2) is 18.7 Å². The third kappa shape index (κ3) is 5.55. The highest BCUT2D eigenvalue weighted by atomic mass is 19.3. The van der Waals surface area contributed by atoms with Crippen LogP contribution in [0.5, 0.6) is 0 Å². The van der Waals surface area contributed by atoms with Crippen molar-refractivity contribution in [1.82, 2.24) is 24.8 Å². The fourth-order valence-electron chi connectivity index (χ4n) is 2.87. The highest BCUT2D eigenvalue weighted by molar-refractivity contribution is 5.94. The minimum Gasteiger partial charge on any atom is -0.348 e. The minimum atomic E-state index is -3.17. The van der Waals surface area contributed by atoms with E-state index in [1.807, 2.05) is 18.5 Å². The van der Waals surface area contributed by atoms with Gasteiger partial charge in [0.15, 0.2) is 5.82 Å². The molecule has 2 N–H and O–H groups in total. The second kappa shape index (κ2) is 9.33. The molecular weight excluding hydrogens is 344 g/mol. The van der Waals surface area contributed by atoms with Crippen molar-refractivity contribution in [2.75, 3.05) is 0 Å². The van der Waals surface area contributed by atoms with E-state index in [0.29, 0.717) is 11.5 Å². The van der Waals surface area contributed by atoms with Crippen LogP contribution in [0.1, 0.15) is 49.6 Å². The SMILES string of the molecule is Cc1cnc(-c2cncn2C)nc1C(=O)NC1CCCCC1.OC(F)F.[HH]. The first-order valence-corrected chi connectivity index (χ1v) is 8.46. The molecule has 0 bridgehead atoms. The molecular formula is C17H25F2N5O2. The molecule has 26 heavy (non-hydrogen) atoms. The number of carbonyl (C=O) groups excluding carboxylic acids is 1. The first-order chi connectivity index (χ1) is 12.4. The summed E-state index contributed by atoms with van der Waals surface area (Å²) >= 11 is 0. The number of alkyl halides is 2. The maximum absolute atomic E-state index is 12.5. The third-order valence-electron chi connectivity index (χ3n) is 4.17. The summed E-state index contributed by atoms with van der Waals surface area (Å²) in [6, 6.07) is 0.274. The van der Waals surface area contributed by atoms with Crippen LogP contribution >= 0.6 is 0 Å². The number of nitrogens with zero attached hydrogens (tertiary/aromatic N) is 4. The predicted octanol–water partition coefficient (Wildman–Crippen LogP) is 2.70. The molecule has 0 aliphatic heterocycles. The number of aromatic nitrogens is 4. The summed E-state index contributed by atoms with van der Waals surface area (Å²) in [5, 5.41) is 9.83. The Labute approximate surface area is 152 Å². The number of aryl methyl sites for hydroxylation is 2. The van der Waals surface area contributed by atoms with Crippen LogP contribution in [-0.2, 0) is 7.05 Å². The van der Waals surface area contributed by atoms with E-state index in [9.17, 15) is 13.6 Å². The van der Waals surface area contributed by atoms with Crippen LogP contribution in [0.2, 0.25) is 0 Å². The predicted molar refractivity (Wildman–Crippen MR) is 93.6 cm³/mol. The van der Waals surface area contributed by atoms with Gasteiger partial charge in [-0.05, 0) is 25.3 Å². The summed E-state index contributed by atoms with van der Waals surface area (Å²) in [6.07, 6.45) is 10.9. The summed E-state index contributed by atoms with van der Waals surface area (Å²) in [4.78, 5) is 25.4. The highest BCUT2D eigenvalue weighted by Gasteiger charge is 2.20. The van der Waals surface area contributed by atoms with E-state index >= 15 is 0 Å². The Morgan fingerprint density at radius 1 is 1.35 bits per heavy atom. The molecule has 2 heterocycles. The van der Waals surface area contributed by atoms with Gasteiger partial charge >= 0.3 is 6.61 Å². The summed E-state index contributed by atoms with van der Waals surface area (Å²) in [5.41, 5.74) is 2.04. The Morgan fingerprint density at radius 2 is 2.00 bits per heavy atom. The molecule has 0 saturated heterocycles. The van der Waals surface area contributed by atoms with Crippen molar-refractivity contribution in [1.29, 1.82) is 0 Å². The van der Waals surface area contributed by atoms with E-state index in [2.05, 4.69) is 20.3 Å². The van der Waals surface area contributed by atoms with Crippen LogP contribution in [0, 0.1) is 6.92 Å². The van der Waals surface area contributed by atoms with Crippen molar-refractivity contribution in [2.45, 2.75) is 51.7 Å². The molecule has 1 aliphatic rings. The smallest absolute Gasteiger partial charge is 0.342 e. The molecule has 9 heteroatoms. The van der Waals surface area contributed by atoms with E-state index in [1.165, 1.54) is 19.3 Å². The van der Waals surface area contributed by atoms with Gasteiger partial charge in [0, 0.05) is 20.7 Å². The molecule has 1 aliphatic carbocycles. The molecule has 0 unspecified atom stereocenters. The normalized spacial score (nSPS) is 14.7. The van der Waals surface area contributed by atoms with Gasteiger partial charge in [-0.3, -0.25) is 4.79 Å². The van der Waals surface area contributed by atoms with E-state index < -0.39 is 6.61 Å². The lowest BCUT2D eigenvalue weighted by Gasteiger charge is -2.22. The van der Waals surface area contributed by atoms with Crippen LogP contribution in [0.25, 0.3) is 11.5 Å². The molecule has 0 aromatic carbocycles. The van der Waals surface area contributed by atoms with Crippen molar-refractivity contribution < 1.29 is 20.1 Å². The number of aliphatic hydroxyl groups is 1. The van der Waals surface area contributed by atoms with E-state index in [-0.39, 0.29) is 13.4 Å². The molecule has 1 amide bonds. The van der Waals surface area contributed by atoms with Crippen molar-refractivity contribution in [3.8, 4) is 11.5 Å². The number of imidazole rings is 1. The van der Waals surface area contributed by atoms with Crippen LogP contribution in [0.4, 0.5) is 8.78 Å². The molecule has 0 spiro atoms. The summed E-state index contributed by atoms with van der Waals surface area (Å²) in [6.45, 7) is -1.30. The first kappa shape index (κ1) is 19.9. The molecule has 0 atom stereocenters. The average Bonchev–Trinajstić information content (AvgIpc) is 3.02. The second-order valence-electron chi connectivity index (χ2n) is 6.20. The van der Waals surface area contributed by atoms with Crippen LogP contribution in [0.3, 0.4) is 0 Å². The van der Waals surface area contributed by atoms with E-state index in [4.69, 9.17) is 5.11 Å². The molecule has 2 aromatic heterocycles. The van der Waals surface area contributed by atoms with Crippen molar-refractivity contribution in [2.24, 2.45) is 7.05 Å². The number of halogens is 2. The third-order valence-corrected chi connectivity index (χ3v) is 4.17. The monoisotopic (exact) mass is 369 g/mol. The topological polar surface area (TPSA) is 92.9 Å². The number of hydrogen-bond acceptors (Lipinski definition) is 5. The molecule has 144 valence electrons. The molecule has 7 nitrogen and oxygen atoms in total. The number of nitrogens with one attached hydrogen (secondary N) is 1. The maximum atomic E-state index is 12.5. The molecule has 0 radical (unpaired) electrons. The van der Waals surface area contributed by atoms with Crippen molar-refractivity contribution >= 4 is 5.91 Å². The summed E-state index contributed by atoms with van der Waals surface area (Å²) in [7, 11) is 1.88. The quantitative estimate of drug-likeness (QED) is 0.868. The zero-order valence-electron chi connectivity index (χ0n) is 14.8. The lowest BCUT2D eigenvalue weighted by Crippen LogP contribution is -2.37. The van der Waals surface area contributed by atoms with Gasteiger partial charge in [-0.2, -0.15) is 8.78 Å². The molecule has 3 rings (SSSR count). The molecule has 1 fully saturated rings. The fraction of sp³-hybridized carbons (Fsp3) is 0.529. The van der Waals surface area contributed by atoms with Crippen LogP contribution in [-0.4, -0.2) is 43.2 Å². The van der Waals surface area contributed by atoms with Gasteiger partial charge in [-0.1, -0.05) is 19.3 Å². The zero-order valence-corrected chi connectivity index (χ0v) is 14.8. The van der Waals surface area contributed by atoms with Crippen LogP contribution < -0.4 is 5.32 Å². The van der Waals surface area contributed by atoms with Gasteiger partial charge in [0.2, 0.25) is 0 Å². The van der Waals surface area contributed by atoms with E-state index in [0.717, 1.165) is 24.1 Å². The van der Waals surface area contributed by atoms with Crippen molar-refractivity contribution in [3.63, 3.8) is 0 Å². The Morgan fingerprint density at radius 3 is 2.58 bits per heavy atom. The van der Waals surface area contributed by atoms with Crippen molar-refractivity contribution in [3.05, 3.63) is 30.0 Å². The molecule has 2 aromatic rings. The van der Waals surface area contributed by atoms with Gasteiger partial charge in [0.25, 0.3) is 5.91 Å². The van der Waals surface area contributed by atoms with Gasteiger partial charge < -0.3 is 15.0 Å². The number of hydrogen-bond donors (Lipinski definition) is 2. The number of amides is 1. The fourth-order valence-corrected chi connectivity index (χ4v) is 2.87. The Balaban J connectivity index is 0.000000666. The van der Waals surface area contributed by atoms with E-state index in [1.54, 1.807) is 18.7 Å². The highest BCUT2D eigenvalue weighted by Crippen LogP contribution is 2.19. The lowest BCUT2D eigenvalue weighted by molar-refractivity contribution is -0.0728. The van der Waals surface area contributed by atoms with Gasteiger partial charge in [-0.25, -0.2) is 15.0 Å². The molecule has 1 saturated carbocycles. The standard InChI is InChI=1S/C16H21N5O.CH2F2O.H2/c1-11-8-18-15(13-9-17-10-21(13)2)20-14(11)16(22)19-12-6-4-3-5-7-12;2-1(3)4;/h8-10,12H,3-7H2,1-2H3,(H,19,22);1,4H;1H. The number of aliphatic hydroxyl groups excluding tert-OH is 1. The summed E-state index contributed by atoms with van der Waals surface area (Å²) < 4.78 is 21.6. The first-order valence-electron chi connectivity index (χ1n) is 8.46. The maximum Gasteiger partial charge on any atom is 0.342 e. The lowest BCUT2D eigenvalue weighted by atomic mass is 9.95. The Kier molecular flexibility index (Phi) is 7.14. The second-order valence-corrected chi connectivity index (χ2v) is 6.20. The Bertz CT molecular complexity index is 733. The number of rotatable bonds is 3.